The average Bonchev–Trinajstić information content (AvgIpc) is 3.05. The Morgan fingerprint density at radius 1 is 0.667 bits per heavy atom. The summed E-state index contributed by atoms with van der Waals surface area (Å²) < 4.78 is 9.71. The Hall–Kier alpha value is -6.96. The van der Waals surface area contributed by atoms with Crippen LogP contribution in [0.25, 0.3) is 12.2 Å². The van der Waals surface area contributed by atoms with Crippen LogP contribution in [-0.2, 0) is 9.59 Å². The molecule has 0 aliphatic heterocycles. The van der Waals surface area contributed by atoms with Gasteiger partial charge in [0.25, 0.3) is 5.75 Å². The normalized spacial score (nSPS) is 10.5. The summed E-state index contributed by atoms with van der Waals surface area (Å²) in [6.07, 6.45) is 5.07. The first-order chi connectivity index (χ1) is 22.8. The number of ether oxygens (including phenoxy) is 2. The maximum absolute atomic E-state index is 12.5. The third-order valence-corrected chi connectivity index (χ3v) is 6.09. The third-order valence-electron chi connectivity index (χ3n) is 6.09. The lowest BCUT2D eigenvalue weighted by Gasteiger charge is -2.10. The topological polar surface area (TPSA) is 213 Å². The van der Waals surface area contributed by atoms with E-state index in [2.05, 4.69) is 0 Å². The van der Waals surface area contributed by atoms with Gasteiger partial charge in [-0.2, -0.15) is 0 Å². The van der Waals surface area contributed by atoms with Gasteiger partial charge in [0.1, 0.15) is 5.56 Å². The van der Waals surface area contributed by atoms with Crippen molar-refractivity contribution in [2.24, 2.45) is 0 Å². The fraction of sp³-hybridized carbons (Fsp3) is 0.0588. The molecular formula is C34H26N2O12. The first-order valence-corrected chi connectivity index (χ1v) is 13.7. The predicted octanol–water partition coefficient (Wildman–Crippen LogP) is 6.24. The number of ketones is 2. The second-order valence-corrected chi connectivity index (χ2v) is 9.53. The Balaban J connectivity index is 0.000000269. The highest BCUT2D eigenvalue weighted by Gasteiger charge is 2.30. The SMILES string of the molecule is CC(=O)Oc1ccc(C(=O)C=Cc2ccccc2)c([N+](=O)[O-])c1OC(C)=O.O=C(C=Cc1ccc(O)c(O)c1[N+](=O)[O-])c1ccccc1. The molecule has 0 aliphatic carbocycles. The zero-order valence-electron chi connectivity index (χ0n) is 25.3. The van der Waals surface area contributed by atoms with Crippen molar-refractivity contribution in [2.75, 3.05) is 0 Å². The van der Waals surface area contributed by atoms with Crippen LogP contribution in [0.4, 0.5) is 11.4 Å². The van der Waals surface area contributed by atoms with E-state index in [0.29, 0.717) is 5.56 Å². The standard InChI is InChI=1S/C19H15NO7.C15H11NO5/c1-12(21)26-17-11-9-15(18(20(24)25)19(17)27-13(2)22)16(23)10-8-14-6-4-3-5-7-14;17-12(10-4-2-1-3-5-10)8-6-11-7-9-13(18)15(19)14(11)16(20)21/h3-11H,1-2H3;1-9,18-19H. The molecule has 2 N–H and O–H groups in total. The maximum atomic E-state index is 12.5. The number of carbonyl (C=O) groups is 4. The zero-order valence-corrected chi connectivity index (χ0v) is 25.3. The number of nitrogens with zero attached hydrogens (tertiary/aromatic N) is 2. The average molecular weight is 655 g/mol. The van der Waals surface area contributed by atoms with Gasteiger partial charge in [-0.05, 0) is 48.1 Å². The number of aromatic hydroxyl groups is 2. The number of phenolic OH excluding ortho intramolecular Hbond substituents is 2. The Bertz CT molecular complexity index is 1930. The van der Waals surface area contributed by atoms with Gasteiger partial charge in [0.05, 0.1) is 15.4 Å². The molecule has 0 heterocycles. The first-order valence-electron chi connectivity index (χ1n) is 13.7. The van der Waals surface area contributed by atoms with E-state index >= 15 is 0 Å². The number of phenols is 2. The van der Waals surface area contributed by atoms with E-state index in [-0.39, 0.29) is 22.7 Å². The zero-order chi connectivity index (χ0) is 35.4. The van der Waals surface area contributed by atoms with Gasteiger partial charge in [0, 0.05) is 19.4 Å². The predicted molar refractivity (Wildman–Crippen MR) is 172 cm³/mol. The van der Waals surface area contributed by atoms with E-state index in [1.165, 1.54) is 30.4 Å². The van der Waals surface area contributed by atoms with E-state index in [1.54, 1.807) is 54.6 Å². The molecule has 14 nitrogen and oxygen atoms in total. The number of hydrogen-bond donors (Lipinski definition) is 2. The van der Waals surface area contributed by atoms with Crippen molar-refractivity contribution in [3.05, 3.63) is 140 Å². The van der Waals surface area contributed by atoms with E-state index in [4.69, 9.17) is 9.47 Å². The minimum atomic E-state index is -0.866. The molecule has 0 unspecified atom stereocenters. The Labute approximate surface area is 272 Å². The largest absolute Gasteiger partial charge is 0.504 e. The highest BCUT2D eigenvalue weighted by molar-refractivity contribution is 6.10. The molecule has 14 heteroatoms. The lowest BCUT2D eigenvalue weighted by molar-refractivity contribution is -0.386. The molecule has 48 heavy (non-hydrogen) atoms. The van der Waals surface area contributed by atoms with E-state index in [1.807, 2.05) is 6.07 Å². The smallest absolute Gasteiger partial charge is 0.326 e. The molecule has 0 aromatic heterocycles. The van der Waals surface area contributed by atoms with E-state index < -0.39 is 56.2 Å². The molecular weight excluding hydrogens is 628 g/mol. The van der Waals surface area contributed by atoms with Crippen molar-refractivity contribution >= 4 is 47.0 Å². The molecule has 4 rings (SSSR count). The lowest BCUT2D eigenvalue weighted by atomic mass is 10.1. The summed E-state index contributed by atoms with van der Waals surface area (Å²) in [6, 6.07) is 22.0. The van der Waals surface area contributed by atoms with Crippen molar-refractivity contribution in [2.45, 2.75) is 13.8 Å². The fourth-order valence-corrected chi connectivity index (χ4v) is 4.01. The van der Waals surface area contributed by atoms with Crippen molar-refractivity contribution in [3.8, 4) is 23.0 Å². The molecule has 0 saturated carbocycles. The second kappa shape index (κ2) is 16.4. The maximum Gasteiger partial charge on any atom is 0.326 e. The molecule has 4 aromatic rings. The molecule has 0 fully saturated rings. The summed E-state index contributed by atoms with van der Waals surface area (Å²) >= 11 is 0. The Morgan fingerprint density at radius 3 is 1.79 bits per heavy atom. The molecule has 244 valence electrons. The van der Waals surface area contributed by atoms with Gasteiger partial charge >= 0.3 is 23.3 Å². The Morgan fingerprint density at radius 2 is 1.23 bits per heavy atom. The summed E-state index contributed by atoms with van der Waals surface area (Å²) in [7, 11) is 0. The monoisotopic (exact) mass is 654 g/mol. The van der Waals surface area contributed by atoms with Gasteiger partial charge in [0.2, 0.25) is 5.75 Å². The summed E-state index contributed by atoms with van der Waals surface area (Å²) in [5.74, 6) is -4.96. The van der Waals surface area contributed by atoms with Gasteiger partial charge in [0.15, 0.2) is 23.1 Å². The lowest BCUT2D eigenvalue weighted by Crippen LogP contribution is -2.11. The van der Waals surface area contributed by atoms with Crippen LogP contribution in [-0.4, -0.2) is 43.6 Å². The second-order valence-electron chi connectivity index (χ2n) is 9.53. The molecule has 0 spiro atoms. The van der Waals surface area contributed by atoms with Crippen molar-refractivity contribution < 1.29 is 48.7 Å². The van der Waals surface area contributed by atoms with E-state index in [0.717, 1.165) is 37.6 Å². The van der Waals surface area contributed by atoms with Gasteiger partial charge in [-0.25, -0.2) is 0 Å². The first kappa shape index (κ1) is 35.5. The van der Waals surface area contributed by atoms with Crippen LogP contribution in [0.1, 0.15) is 45.7 Å². The molecule has 0 radical (unpaired) electrons. The summed E-state index contributed by atoms with van der Waals surface area (Å²) in [4.78, 5) is 67.7. The van der Waals surface area contributed by atoms with Crippen LogP contribution < -0.4 is 9.47 Å². The third kappa shape index (κ3) is 9.52. The molecule has 4 aromatic carbocycles. The van der Waals surface area contributed by atoms with Gasteiger partial charge in [-0.1, -0.05) is 66.7 Å². The minimum absolute atomic E-state index is 0.0274. The minimum Gasteiger partial charge on any atom is -0.504 e. The number of esters is 2. The van der Waals surface area contributed by atoms with Crippen molar-refractivity contribution in [1.82, 2.24) is 0 Å². The number of rotatable bonds is 10. The number of nitro benzene ring substituents is 2. The number of carbonyl (C=O) groups excluding carboxylic acids is 4. The van der Waals surface area contributed by atoms with Crippen molar-refractivity contribution in [1.29, 1.82) is 0 Å². The summed E-state index contributed by atoms with van der Waals surface area (Å²) in [6.45, 7) is 2.12. The Kier molecular flexibility index (Phi) is 12.1. The van der Waals surface area contributed by atoms with Crippen LogP contribution in [0.3, 0.4) is 0 Å². The number of allylic oxidation sites excluding steroid dienone is 2. The summed E-state index contributed by atoms with van der Waals surface area (Å²) in [5, 5.41) is 41.3. The van der Waals surface area contributed by atoms with Crippen LogP contribution in [0.15, 0.2) is 97.1 Å². The molecule has 0 saturated heterocycles. The molecule has 0 aliphatic rings. The van der Waals surface area contributed by atoms with Gasteiger partial charge in [-0.15, -0.1) is 0 Å². The highest BCUT2D eigenvalue weighted by Crippen LogP contribution is 2.41. The van der Waals surface area contributed by atoms with Gasteiger partial charge < -0.3 is 19.7 Å². The molecule has 0 amide bonds. The highest BCUT2D eigenvalue weighted by atomic mass is 16.6. The fourth-order valence-electron chi connectivity index (χ4n) is 4.01. The van der Waals surface area contributed by atoms with Crippen LogP contribution in [0, 0.1) is 20.2 Å². The molecule has 0 atom stereocenters. The van der Waals surface area contributed by atoms with Crippen molar-refractivity contribution in [3.63, 3.8) is 0 Å². The van der Waals surface area contributed by atoms with E-state index in [9.17, 15) is 49.6 Å². The van der Waals surface area contributed by atoms with Crippen LogP contribution in [0.2, 0.25) is 0 Å². The number of nitro groups is 2. The number of benzene rings is 4. The number of hydrogen-bond acceptors (Lipinski definition) is 12. The molecule has 0 bridgehead atoms. The quantitative estimate of drug-likeness (QED) is 0.0369. The summed E-state index contributed by atoms with van der Waals surface area (Å²) in [5.41, 5.74) is -0.512. The van der Waals surface area contributed by atoms with Gasteiger partial charge in [-0.3, -0.25) is 39.4 Å². The van der Waals surface area contributed by atoms with Crippen LogP contribution >= 0.6 is 0 Å². The van der Waals surface area contributed by atoms with Crippen LogP contribution in [0.5, 0.6) is 23.0 Å².